The molecular weight excluding hydrogens is 522 g/mol. The lowest BCUT2D eigenvalue weighted by Gasteiger charge is -2.20. The van der Waals surface area contributed by atoms with E-state index in [1.54, 1.807) is 12.1 Å². The lowest BCUT2D eigenvalue weighted by molar-refractivity contribution is 0.147. The number of hydrogen-bond donors (Lipinski definition) is 3. The van der Waals surface area contributed by atoms with Crippen LogP contribution in [0.1, 0.15) is 161 Å². The standard InChI is InChI=1S/C36H67N3O3/c1-2-3-4-5-6-7-8-9-10-11-12-13-14-17-20-23-30-39(36(37)41)31-24-21-18-15-16-19-22-25-32-42-33-38-34-26-28-35(40)29-27-34/h26-29,38,40H,2-25,30-33H2,1H3,(H2,37,41). The van der Waals surface area contributed by atoms with Gasteiger partial charge in [-0.2, -0.15) is 0 Å². The summed E-state index contributed by atoms with van der Waals surface area (Å²) in [5.74, 6) is 0.273. The van der Waals surface area contributed by atoms with Crippen LogP contribution in [-0.4, -0.2) is 42.5 Å². The second-order valence-corrected chi connectivity index (χ2v) is 12.2. The van der Waals surface area contributed by atoms with E-state index >= 15 is 0 Å². The Balaban J connectivity index is 1.81. The molecule has 0 saturated carbocycles. The van der Waals surface area contributed by atoms with E-state index in [2.05, 4.69) is 12.2 Å². The van der Waals surface area contributed by atoms with E-state index < -0.39 is 0 Å². The average Bonchev–Trinajstić information content (AvgIpc) is 2.98. The van der Waals surface area contributed by atoms with Crippen molar-refractivity contribution >= 4 is 11.7 Å². The van der Waals surface area contributed by atoms with Gasteiger partial charge in [0.15, 0.2) is 0 Å². The van der Waals surface area contributed by atoms with E-state index in [4.69, 9.17) is 10.5 Å². The first-order chi connectivity index (χ1) is 20.6. The number of rotatable bonds is 31. The first-order valence-electron chi connectivity index (χ1n) is 17.8. The van der Waals surface area contributed by atoms with E-state index in [1.807, 2.05) is 17.0 Å². The van der Waals surface area contributed by atoms with E-state index in [0.29, 0.717) is 6.73 Å². The van der Waals surface area contributed by atoms with Crippen LogP contribution in [0, 0.1) is 0 Å². The molecule has 244 valence electrons. The fraction of sp³-hybridized carbons (Fsp3) is 0.806. The normalized spacial score (nSPS) is 11.2. The maximum atomic E-state index is 11.8. The molecule has 0 unspecified atom stereocenters. The summed E-state index contributed by atoms with van der Waals surface area (Å²) in [5.41, 5.74) is 6.59. The highest BCUT2D eigenvalue weighted by atomic mass is 16.5. The van der Waals surface area contributed by atoms with Crippen LogP contribution in [0.2, 0.25) is 0 Å². The molecule has 1 aromatic carbocycles. The number of anilines is 1. The van der Waals surface area contributed by atoms with Gasteiger partial charge in [-0.3, -0.25) is 0 Å². The van der Waals surface area contributed by atoms with Crippen LogP contribution in [0.4, 0.5) is 10.5 Å². The highest BCUT2D eigenvalue weighted by Crippen LogP contribution is 2.15. The van der Waals surface area contributed by atoms with Gasteiger partial charge in [0.05, 0.1) is 0 Å². The number of carbonyl (C=O) groups is 1. The van der Waals surface area contributed by atoms with Crippen molar-refractivity contribution in [1.82, 2.24) is 4.90 Å². The van der Waals surface area contributed by atoms with Gasteiger partial charge in [0.2, 0.25) is 0 Å². The number of carbonyl (C=O) groups excluding carboxylic acids is 1. The van der Waals surface area contributed by atoms with Crippen molar-refractivity contribution in [2.24, 2.45) is 5.73 Å². The number of unbranched alkanes of at least 4 members (excludes halogenated alkanes) is 22. The molecule has 4 N–H and O–H groups in total. The Bertz CT molecular complexity index is 713. The zero-order chi connectivity index (χ0) is 30.4. The monoisotopic (exact) mass is 590 g/mol. The number of phenols is 1. The van der Waals surface area contributed by atoms with Crippen molar-refractivity contribution in [3.05, 3.63) is 24.3 Å². The topological polar surface area (TPSA) is 87.8 Å². The van der Waals surface area contributed by atoms with E-state index in [1.165, 1.54) is 135 Å². The third-order valence-electron chi connectivity index (χ3n) is 8.31. The molecule has 0 radical (unpaired) electrons. The molecule has 0 aliphatic rings. The lowest BCUT2D eigenvalue weighted by atomic mass is 10.0. The predicted molar refractivity (Wildman–Crippen MR) is 180 cm³/mol. The van der Waals surface area contributed by atoms with E-state index in [9.17, 15) is 9.90 Å². The predicted octanol–water partition coefficient (Wildman–Crippen LogP) is 10.5. The molecule has 6 nitrogen and oxygen atoms in total. The number of phenolic OH excluding ortho intramolecular Hbond substituents is 1. The molecule has 0 atom stereocenters. The Morgan fingerprint density at radius 3 is 1.43 bits per heavy atom. The van der Waals surface area contributed by atoms with Crippen LogP contribution in [0.5, 0.6) is 5.75 Å². The molecule has 0 aromatic heterocycles. The molecule has 2 amide bonds. The van der Waals surface area contributed by atoms with Crippen LogP contribution in [0.25, 0.3) is 0 Å². The molecule has 0 bridgehead atoms. The van der Waals surface area contributed by atoms with Crippen LogP contribution in [0.15, 0.2) is 24.3 Å². The second kappa shape index (κ2) is 29.1. The molecule has 0 saturated heterocycles. The summed E-state index contributed by atoms with van der Waals surface area (Å²) in [6, 6.07) is 6.76. The summed E-state index contributed by atoms with van der Waals surface area (Å²) in [5, 5.41) is 12.5. The number of primary amides is 1. The van der Waals surface area contributed by atoms with Crippen molar-refractivity contribution < 1.29 is 14.6 Å². The largest absolute Gasteiger partial charge is 0.508 e. The Morgan fingerprint density at radius 2 is 1.02 bits per heavy atom. The van der Waals surface area contributed by atoms with Gasteiger partial charge in [0.1, 0.15) is 12.5 Å². The van der Waals surface area contributed by atoms with Crippen molar-refractivity contribution in [3.8, 4) is 5.75 Å². The van der Waals surface area contributed by atoms with Crippen LogP contribution < -0.4 is 11.1 Å². The minimum absolute atomic E-state index is 0.253. The highest BCUT2D eigenvalue weighted by molar-refractivity contribution is 5.71. The number of benzene rings is 1. The Labute approximate surface area is 259 Å². The highest BCUT2D eigenvalue weighted by Gasteiger charge is 2.08. The summed E-state index contributed by atoms with van der Waals surface area (Å²) in [6.07, 6.45) is 31.4. The molecule has 1 rings (SSSR count). The number of nitrogens with two attached hydrogens (primary N) is 1. The van der Waals surface area contributed by atoms with Crippen LogP contribution in [0.3, 0.4) is 0 Å². The third-order valence-corrected chi connectivity index (χ3v) is 8.31. The first kappa shape index (κ1) is 38.1. The van der Waals surface area contributed by atoms with Crippen molar-refractivity contribution in [2.75, 3.05) is 31.7 Å². The molecule has 42 heavy (non-hydrogen) atoms. The molecule has 6 heteroatoms. The number of hydrogen-bond acceptors (Lipinski definition) is 4. The SMILES string of the molecule is CCCCCCCCCCCCCCCCCCN(CCCCCCCCCCOCNc1ccc(O)cc1)C(N)=O. The zero-order valence-electron chi connectivity index (χ0n) is 27.4. The summed E-state index contributed by atoms with van der Waals surface area (Å²) >= 11 is 0. The Morgan fingerprint density at radius 1 is 0.643 bits per heavy atom. The maximum absolute atomic E-state index is 11.8. The lowest BCUT2D eigenvalue weighted by Crippen LogP contribution is -2.37. The fourth-order valence-corrected chi connectivity index (χ4v) is 5.54. The van der Waals surface area contributed by atoms with E-state index in [0.717, 1.165) is 44.6 Å². The van der Waals surface area contributed by atoms with Crippen molar-refractivity contribution in [2.45, 2.75) is 161 Å². The number of urea groups is 1. The maximum Gasteiger partial charge on any atom is 0.314 e. The summed E-state index contributed by atoms with van der Waals surface area (Å²) in [7, 11) is 0. The van der Waals surface area contributed by atoms with Gasteiger partial charge in [-0.05, 0) is 43.5 Å². The quantitative estimate of drug-likeness (QED) is 0.0456. The van der Waals surface area contributed by atoms with Crippen LogP contribution in [-0.2, 0) is 4.74 Å². The molecule has 0 spiro atoms. The average molecular weight is 590 g/mol. The van der Waals surface area contributed by atoms with Gasteiger partial charge in [-0.15, -0.1) is 0 Å². The molecule has 0 aliphatic carbocycles. The molecule has 0 fully saturated rings. The van der Waals surface area contributed by atoms with Gasteiger partial charge < -0.3 is 25.8 Å². The summed E-state index contributed by atoms with van der Waals surface area (Å²) < 4.78 is 5.64. The molecular formula is C36H67N3O3. The third kappa shape index (κ3) is 24.6. The van der Waals surface area contributed by atoms with Crippen molar-refractivity contribution in [1.29, 1.82) is 0 Å². The van der Waals surface area contributed by atoms with Crippen molar-refractivity contribution in [3.63, 3.8) is 0 Å². The zero-order valence-corrected chi connectivity index (χ0v) is 27.4. The number of nitrogens with zero attached hydrogens (tertiary/aromatic N) is 1. The van der Waals surface area contributed by atoms with Gasteiger partial charge in [0.25, 0.3) is 0 Å². The molecule has 0 aliphatic heterocycles. The molecule has 0 heterocycles. The Hall–Kier alpha value is -1.95. The number of aromatic hydroxyl groups is 1. The number of nitrogens with one attached hydrogen (secondary N) is 1. The number of amides is 2. The summed E-state index contributed by atoms with van der Waals surface area (Å²) in [6.45, 7) is 5.18. The van der Waals surface area contributed by atoms with Gasteiger partial charge in [-0.25, -0.2) is 4.79 Å². The summed E-state index contributed by atoms with van der Waals surface area (Å²) in [4.78, 5) is 13.7. The fourth-order valence-electron chi connectivity index (χ4n) is 5.54. The minimum Gasteiger partial charge on any atom is -0.508 e. The van der Waals surface area contributed by atoms with Crippen LogP contribution >= 0.6 is 0 Å². The Kier molecular flexibility index (Phi) is 26.4. The second-order valence-electron chi connectivity index (χ2n) is 12.2. The molecule has 1 aromatic rings. The smallest absolute Gasteiger partial charge is 0.314 e. The minimum atomic E-state index is -0.253. The van der Waals surface area contributed by atoms with Gasteiger partial charge >= 0.3 is 6.03 Å². The van der Waals surface area contributed by atoms with Gasteiger partial charge in [-0.1, -0.05) is 142 Å². The number of ether oxygens (including phenoxy) is 1. The first-order valence-corrected chi connectivity index (χ1v) is 17.8. The van der Waals surface area contributed by atoms with Gasteiger partial charge in [0, 0.05) is 25.4 Å². The van der Waals surface area contributed by atoms with E-state index in [-0.39, 0.29) is 11.8 Å².